The van der Waals surface area contributed by atoms with Crippen LogP contribution in [0.15, 0.2) is 36.4 Å². The van der Waals surface area contributed by atoms with Crippen molar-refractivity contribution in [3.05, 3.63) is 63.9 Å². The van der Waals surface area contributed by atoms with Crippen LogP contribution in [0.1, 0.15) is 29.5 Å². The van der Waals surface area contributed by atoms with Gasteiger partial charge in [-0.05, 0) is 54.7 Å². The summed E-state index contributed by atoms with van der Waals surface area (Å²) in [5, 5.41) is 14.0. The molecular formula is C20H21ClFNO3. The number of rotatable bonds is 5. The second kappa shape index (κ2) is 7.64. The number of amides is 1. The molecule has 2 aromatic carbocycles. The number of aliphatic hydroxyl groups is 1. The number of fused-ring (bicyclic) bond motifs is 1. The Labute approximate surface area is 156 Å². The predicted molar refractivity (Wildman–Crippen MR) is 98.0 cm³/mol. The molecule has 0 spiro atoms. The minimum absolute atomic E-state index is 0.0667. The second-order valence-corrected chi connectivity index (χ2v) is 6.97. The molecule has 2 aromatic rings. The molecular weight excluding hydrogens is 357 g/mol. The molecule has 0 fully saturated rings. The molecule has 6 heteroatoms. The first-order valence-corrected chi connectivity index (χ1v) is 8.90. The number of aryl methyl sites for hydroxylation is 1. The van der Waals surface area contributed by atoms with Gasteiger partial charge in [0.2, 0.25) is 5.91 Å². The minimum Gasteiger partial charge on any atom is -0.497 e. The van der Waals surface area contributed by atoms with E-state index in [-0.39, 0.29) is 29.5 Å². The van der Waals surface area contributed by atoms with Crippen molar-refractivity contribution in [3.8, 4) is 5.75 Å². The lowest BCUT2D eigenvalue weighted by Gasteiger charge is -2.35. The van der Waals surface area contributed by atoms with Crippen LogP contribution in [0.3, 0.4) is 0 Å². The molecule has 0 saturated carbocycles. The van der Waals surface area contributed by atoms with Gasteiger partial charge in [-0.1, -0.05) is 23.7 Å². The highest BCUT2D eigenvalue weighted by Crippen LogP contribution is 2.36. The molecule has 1 aliphatic carbocycles. The van der Waals surface area contributed by atoms with Crippen LogP contribution >= 0.6 is 11.6 Å². The third-order valence-electron chi connectivity index (χ3n) is 4.83. The fourth-order valence-electron chi connectivity index (χ4n) is 3.42. The Hall–Kier alpha value is -2.11. The van der Waals surface area contributed by atoms with Crippen molar-refractivity contribution < 1.29 is 19.0 Å². The van der Waals surface area contributed by atoms with E-state index in [4.69, 9.17) is 16.3 Å². The Morgan fingerprint density at radius 2 is 2.19 bits per heavy atom. The Balaban J connectivity index is 1.71. The number of hydrogen-bond acceptors (Lipinski definition) is 3. The highest BCUT2D eigenvalue weighted by atomic mass is 35.5. The summed E-state index contributed by atoms with van der Waals surface area (Å²) in [5.41, 5.74) is 0.833. The van der Waals surface area contributed by atoms with Crippen LogP contribution in [0.5, 0.6) is 5.75 Å². The molecule has 2 N–H and O–H groups in total. The van der Waals surface area contributed by atoms with E-state index < -0.39 is 11.4 Å². The third kappa shape index (κ3) is 3.84. The summed E-state index contributed by atoms with van der Waals surface area (Å²) < 4.78 is 19.1. The molecule has 0 radical (unpaired) electrons. The van der Waals surface area contributed by atoms with E-state index in [1.165, 1.54) is 12.1 Å². The summed E-state index contributed by atoms with van der Waals surface area (Å²) in [6.07, 6.45) is 2.05. The van der Waals surface area contributed by atoms with Crippen molar-refractivity contribution in [2.75, 3.05) is 13.7 Å². The van der Waals surface area contributed by atoms with Crippen molar-refractivity contribution in [3.63, 3.8) is 0 Å². The van der Waals surface area contributed by atoms with Gasteiger partial charge in [-0.25, -0.2) is 4.39 Å². The second-order valence-electron chi connectivity index (χ2n) is 6.56. The molecule has 0 aliphatic heterocycles. The number of methoxy groups -OCH3 is 1. The van der Waals surface area contributed by atoms with Gasteiger partial charge in [0, 0.05) is 10.6 Å². The minimum atomic E-state index is -1.14. The molecule has 0 aromatic heterocycles. The third-order valence-corrected chi connectivity index (χ3v) is 5.18. The van der Waals surface area contributed by atoms with E-state index >= 15 is 0 Å². The molecule has 1 aliphatic rings. The van der Waals surface area contributed by atoms with Crippen molar-refractivity contribution >= 4 is 17.5 Å². The SMILES string of the molecule is COc1ccc2c(c1)CCC[C@]2(O)CNC(=O)Cc1c(F)cccc1Cl. The zero-order valence-corrected chi connectivity index (χ0v) is 15.3. The van der Waals surface area contributed by atoms with Gasteiger partial charge in [0.1, 0.15) is 17.2 Å². The molecule has 1 atom stereocenters. The molecule has 0 heterocycles. The lowest BCUT2D eigenvalue weighted by molar-refractivity contribution is -0.122. The molecule has 138 valence electrons. The topological polar surface area (TPSA) is 58.6 Å². The Morgan fingerprint density at radius 3 is 2.92 bits per heavy atom. The number of carbonyl (C=O) groups is 1. The summed E-state index contributed by atoms with van der Waals surface area (Å²) in [4.78, 5) is 12.2. The summed E-state index contributed by atoms with van der Waals surface area (Å²) in [6, 6.07) is 9.87. The summed E-state index contributed by atoms with van der Waals surface area (Å²) in [6.45, 7) is 0.0667. The average molecular weight is 378 g/mol. The van der Waals surface area contributed by atoms with Crippen LogP contribution in [0.25, 0.3) is 0 Å². The number of halogens is 2. The van der Waals surface area contributed by atoms with Gasteiger partial charge in [-0.2, -0.15) is 0 Å². The fraction of sp³-hybridized carbons (Fsp3) is 0.350. The Kier molecular flexibility index (Phi) is 5.49. The highest BCUT2D eigenvalue weighted by molar-refractivity contribution is 6.31. The Bertz CT molecular complexity index is 806. The molecule has 3 rings (SSSR count). The number of benzene rings is 2. The molecule has 0 bridgehead atoms. The van der Waals surface area contributed by atoms with Gasteiger partial charge in [0.15, 0.2) is 0 Å². The fourth-order valence-corrected chi connectivity index (χ4v) is 3.65. The zero-order valence-electron chi connectivity index (χ0n) is 14.5. The van der Waals surface area contributed by atoms with Crippen molar-refractivity contribution in [1.82, 2.24) is 5.32 Å². The first kappa shape index (κ1) is 18.7. The van der Waals surface area contributed by atoms with Crippen LogP contribution in [-0.4, -0.2) is 24.7 Å². The van der Waals surface area contributed by atoms with E-state index in [1.54, 1.807) is 19.2 Å². The van der Waals surface area contributed by atoms with Crippen LogP contribution < -0.4 is 10.1 Å². The van der Waals surface area contributed by atoms with E-state index in [9.17, 15) is 14.3 Å². The van der Waals surface area contributed by atoms with Crippen LogP contribution in [0, 0.1) is 5.82 Å². The van der Waals surface area contributed by atoms with Crippen LogP contribution in [0.2, 0.25) is 5.02 Å². The Morgan fingerprint density at radius 1 is 1.38 bits per heavy atom. The van der Waals surface area contributed by atoms with Crippen molar-refractivity contribution in [2.24, 2.45) is 0 Å². The summed E-state index contributed by atoms with van der Waals surface area (Å²) >= 11 is 5.96. The lowest BCUT2D eigenvalue weighted by Crippen LogP contribution is -2.43. The van der Waals surface area contributed by atoms with Gasteiger partial charge in [0.25, 0.3) is 0 Å². The molecule has 0 saturated heterocycles. The van der Waals surface area contributed by atoms with Gasteiger partial charge < -0.3 is 15.2 Å². The van der Waals surface area contributed by atoms with Crippen LogP contribution in [0.4, 0.5) is 4.39 Å². The number of carbonyl (C=O) groups excluding carboxylic acids is 1. The maximum Gasteiger partial charge on any atom is 0.224 e. The monoisotopic (exact) mass is 377 g/mol. The van der Waals surface area contributed by atoms with E-state index in [0.717, 1.165) is 29.7 Å². The number of nitrogens with one attached hydrogen (secondary N) is 1. The zero-order chi connectivity index (χ0) is 18.7. The number of ether oxygens (including phenoxy) is 1. The maximum atomic E-state index is 13.8. The first-order chi connectivity index (χ1) is 12.4. The number of hydrogen-bond donors (Lipinski definition) is 2. The predicted octanol–water partition coefficient (Wildman–Crippen LogP) is 3.37. The van der Waals surface area contributed by atoms with Gasteiger partial charge in [0.05, 0.1) is 20.1 Å². The van der Waals surface area contributed by atoms with Crippen LogP contribution in [-0.2, 0) is 23.2 Å². The molecule has 4 nitrogen and oxygen atoms in total. The molecule has 1 amide bonds. The van der Waals surface area contributed by atoms with E-state index in [2.05, 4.69) is 5.32 Å². The van der Waals surface area contributed by atoms with E-state index in [0.29, 0.717) is 6.42 Å². The normalized spacial score (nSPS) is 18.9. The average Bonchev–Trinajstić information content (AvgIpc) is 2.63. The van der Waals surface area contributed by atoms with Gasteiger partial charge in [-0.3, -0.25) is 4.79 Å². The summed E-state index contributed by atoms with van der Waals surface area (Å²) in [7, 11) is 1.60. The van der Waals surface area contributed by atoms with Gasteiger partial charge >= 0.3 is 0 Å². The highest BCUT2D eigenvalue weighted by Gasteiger charge is 2.34. The smallest absolute Gasteiger partial charge is 0.224 e. The van der Waals surface area contributed by atoms with Crippen molar-refractivity contribution in [2.45, 2.75) is 31.3 Å². The first-order valence-electron chi connectivity index (χ1n) is 8.52. The summed E-state index contributed by atoms with van der Waals surface area (Å²) in [5.74, 6) is -0.154. The lowest BCUT2D eigenvalue weighted by atomic mass is 9.79. The van der Waals surface area contributed by atoms with Crippen molar-refractivity contribution in [1.29, 1.82) is 0 Å². The maximum absolute atomic E-state index is 13.8. The quantitative estimate of drug-likeness (QED) is 0.839. The largest absolute Gasteiger partial charge is 0.497 e. The van der Waals surface area contributed by atoms with Gasteiger partial charge in [-0.15, -0.1) is 0 Å². The standard InChI is InChI=1S/C20H21ClFNO3/c1-26-14-7-8-16-13(10-14)4-3-9-20(16,25)12-23-19(24)11-15-17(21)5-2-6-18(15)22/h2,5-8,10,25H,3-4,9,11-12H2,1H3,(H,23,24)/t20-/m0/s1. The molecule has 0 unspecified atom stereocenters. The van der Waals surface area contributed by atoms with E-state index in [1.807, 2.05) is 12.1 Å². The molecule has 26 heavy (non-hydrogen) atoms.